The highest BCUT2D eigenvalue weighted by molar-refractivity contribution is 5.85. The molecule has 0 N–H and O–H groups in total. The van der Waals surface area contributed by atoms with Gasteiger partial charge in [0.15, 0.2) is 0 Å². The van der Waals surface area contributed by atoms with E-state index in [1.807, 2.05) is 0 Å². The number of hydrogen-bond donors (Lipinski definition) is 0. The molecule has 8 heteroatoms. The molecular formula is C5H2F6O2. The highest BCUT2D eigenvalue weighted by Crippen LogP contribution is 2.36. The molecule has 0 saturated carbocycles. The van der Waals surface area contributed by atoms with Crippen molar-refractivity contribution in [2.24, 2.45) is 0 Å². The molecule has 76 valence electrons. The van der Waals surface area contributed by atoms with Crippen molar-refractivity contribution in [2.75, 3.05) is 0 Å². The number of halogens is 6. The molecule has 0 aliphatic carbocycles. The predicted molar refractivity (Wildman–Crippen MR) is 27.3 cm³/mol. The summed E-state index contributed by atoms with van der Waals surface area (Å²) in [6.07, 6.45) is -11.8. The molecule has 0 bridgehead atoms. The van der Waals surface area contributed by atoms with E-state index in [4.69, 9.17) is 0 Å². The van der Waals surface area contributed by atoms with Gasteiger partial charge in [-0.3, -0.25) is 0 Å². The number of ether oxygens (including phenoxy) is 1. The Morgan fingerprint density at radius 2 is 1.54 bits per heavy atom. The summed E-state index contributed by atoms with van der Waals surface area (Å²) in [4.78, 5) is 9.93. The van der Waals surface area contributed by atoms with Crippen molar-refractivity contribution in [1.29, 1.82) is 0 Å². The molecule has 0 heterocycles. The van der Waals surface area contributed by atoms with Gasteiger partial charge in [-0.2, -0.15) is 26.3 Å². The number of alkyl halides is 5. The van der Waals surface area contributed by atoms with Crippen molar-refractivity contribution in [3.05, 3.63) is 12.4 Å². The Kier molecular flexibility index (Phi) is 2.96. The molecule has 0 rings (SSSR count). The topological polar surface area (TPSA) is 26.3 Å². The maximum Gasteiger partial charge on any atom is 0.501 e. The van der Waals surface area contributed by atoms with Gasteiger partial charge in [0, 0.05) is 0 Å². The molecule has 0 aliphatic rings. The van der Waals surface area contributed by atoms with Gasteiger partial charge in [-0.15, -0.1) is 0 Å². The molecule has 13 heavy (non-hydrogen) atoms. The van der Waals surface area contributed by atoms with Gasteiger partial charge in [0.05, 0.1) is 0 Å². The van der Waals surface area contributed by atoms with Gasteiger partial charge in [-0.1, -0.05) is 6.58 Å². The van der Waals surface area contributed by atoms with E-state index in [1.165, 1.54) is 0 Å². The van der Waals surface area contributed by atoms with Crippen molar-refractivity contribution in [2.45, 2.75) is 12.3 Å². The van der Waals surface area contributed by atoms with Crippen LogP contribution in [0.25, 0.3) is 0 Å². The average molecular weight is 208 g/mol. The fourth-order valence-corrected chi connectivity index (χ4v) is 0.230. The molecule has 0 atom stereocenters. The molecule has 0 saturated heterocycles. The predicted octanol–water partition coefficient (Wildman–Crippen LogP) is 2.17. The smallest absolute Gasteiger partial charge is 0.388 e. The normalized spacial score (nSPS) is 12.5. The molecule has 0 spiro atoms. The summed E-state index contributed by atoms with van der Waals surface area (Å²) < 4.78 is 71.5. The van der Waals surface area contributed by atoms with E-state index in [2.05, 4.69) is 11.3 Å². The summed E-state index contributed by atoms with van der Waals surface area (Å²) in [5.74, 6) is -4.49. The van der Waals surface area contributed by atoms with Crippen LogP contribution in [0.3, 0.4) is 0 Å². The first-order valence-electron chi connectivity index (χ1n) is 2.60. The quantitative estimate of drug-likeness (QED) is 0.395. The van der Waals surface area contributed by atoms with Crippen LogP contribution < -0.4 is 0 Å². The SMILES string of the molecule is C=C(F)C(=O)OC(F)(F)C(F)(F)F. The molecule has 0 aliphatic heterocycles. The van der Waals surface area contributed by atoms with E-state index in [0.29, 0.717) is 0 Å². The van der Waals surface area contributed by atoms with Crippen molar-refractivity contribution < 1.29 is 35.9 Å². The molecule has 0 amide bonds. The van der Waals surface area contributed by atoms with Gasteiger partial charge < -0.3 is 4.74 Å². The van der Waals surface area contributed by atoms with Crippen molar-refractivity contribution in [3.8, 4) is 0 Å². The Bertz CT molecular complexity index is 230. The minimum atomic E-state index is -6.07. The molecule has 0 fully saturated rings. The average Bonchev–Trinajstić information content (AvgIpc) is 1.83. The lowest BCUT2D eigenvalue weighted by atomic mass is 10.5. The van der Waals surface area contributed by atoms with E-state index < -0.39 is 24.1 Å². The summed E-state index contributed by atoms with van der Waals surface area (Å²) >= 11 is 0. The second kappa shape index (κ2) is 3.27. The van der Waals surface area contributed by atoms with Crippen molar-refractivity contribution in [1.82, 2.24) is 0 Å². The Labute approximate surface area is 67.8 Å². The van der Waals surface area contributed by atoms with Gasteiger partial charge >= 0.3 is 18.3 Å². The molecule has 2 nitrogen and oxygen atoms in total. The van der Waals surface area contributed by atoms with E-state index >= 15 is 0 Å². The fraction of sp³-hybridized carbons (Fsp3) is 0.400. The van der Waals surface area contributed by atoms with Gasteiger partial charge in [0.2, 0.25) is 5.83 Å². The number of hydrogen-bond acceptors (Lipinski definition) is 2. The lowest BCUT2D eigenvalue weighted by Gasteiger charge is -2.17. The number of carbonyl (C=O) groups is 1. The van der Waals surface area contributed by atoms with Crippen LogP contribution in [-0.2, 0) is 9.53 Å². The first kappa shape index (κ1) is 11.8. The Hall–Kier alpha value is -1.21. The zero-order valence-electron chi connectivity index (χ0n) is 5.79. The van der Waals surface area contributed by atoms with Crippen LogP contribution in [0, 0.1) is 0 Å². The lowest BCUT2D eigenvalue weighted by molar-refractivity contribution is -0.375. The Balaban J connectivity index is 4.53. The minimum Gasteiger partial charge on any atom is -0.388 e. The second-order valence-electron chi connectivity index (χ2n) is 1.81. The highest BCUT2D eigenvalue weighted by Gasteiger charge is 2.62. The Morgan fingerprint density at radius 1 is 1.15 bits per heavy atom. The van der Waals surface area contributed by atoms with Crippen LogP contribution in [0.5, 0.6) is 0 Å². The molecule has 0 unspecified atom stereocenters. The second-order valence-corrected chi connectivity index (χ2v) is 1.81. The minimum absolute atomic E-state index is 2.04. The number of esters is 1. The Morgan fingerprint density at radius 3 is 1.77 bits per heavy atom. The number of carbonyl (C=O) groups excluding carboxylic acids is 1. The largest absolute Gasteiger partial charge is 0.501 e. The standard InChI is InChI=1S/C5H2F6O2/c1-2(6)3(12)13-5(10,11)4(7,8)9/h1H2. The summed E-state index contributed by atoms with van der Waals surface area (Å²) in [6.45, 7) is 2.18. The van der Waals surface area contributed by atoms with Crippen LogP contribution in [0.2, 0.25) is 0 Å². The van der Waals surface area contributed by atoms with E-state index in [9.17, 15) is 31.1 Å². The summed E-state index contributed by atoms with van der Waals surface area (Å²) in [5, 5.41) is 0. The van der Waals surface area contributed by atoms with E-state index in [1.54, 1.807) is 0 Å². The van der Waals surface area contributed by atoms with Gasteiger partial charge in [0.1, 0.15) is 0 Å². The van der Waals surface area contributed by atoms with Crippen molar-refractivity contribution >= 4 is 5.97 Å². The summed E-state index contributed by atoms with van der Waals surface area (Å²) in [5.41, 5.74) is 0. The van der Waals surface area contributed by atoms with Crippen LogP contribution in [0.4, 0.5) is 26.3 Å². The van der Waals surface area contributed by atoms with Crippen molar-refractivity contribution in [3.63, 3.8) is 0 Å². The third-order valence-corrected chi connectivity index (χ3v) is 0.772. The van der Waals surface area contributed by atoms with E-state index in [-0.39, 0.29) is 0 Å². The summed E-state index contributed by atoms with van der Waals surface area (Å²) in [7, 11) is 0. The van der Waals surface area contributed by atoms with Crippen LogP contribution in [0.15, 0.2) is 12.4 Å². The van der Waals surface area contributed by atoms with Gasteiger partial charge in [0.25, 0.3) is 0 Å². The third kappa shape index (κ3) is 2.96. The van der Waals surface area contributed by atoms with Gasteiger partial charge in [-0.05, 0) is 0 Å². The first-order valence-corrected chi connectivity index (χ1v) is 2.60. The molecule has 0 radical (unpaired) electrons. The summed E-state index contributed by atoms with van der Waals surface area (Å²) in [6, 6.07) is 0. The number of rotatable bonds is 2. The highest BCUT2D eigenvalue weighted by atomic mass is 19.4. The third-order valence-electron chi connectivity index (χ3n) is 0.772. The molecular weight excluding hydrogens is 206 g/mol. The van der Waals surface area contributed by atoms with Crippen LogP contribution in [0.1, 0.15) is 0 Å². The van der Waals surface area contributed by atoms with Crippen LogP contribution >= 0.6 is 0 Å². The zero-order valence-corrected chi connectivity index (χ0v) is 5.79. The lowest BCUT2D eigenvalue weighted by Crippen LogP contribution is -2.40. The van der Waals surface area contributed by atoms with Gasteiger partial charge in [-0.25, -0.2) is 4.79 Å². The zero-order chi connectivity index (χ0) is 10.9. The molecule has 0 aromatic rings. The van der Waals surface area contributed by atoms with E-state index in [0.717, 1.165) is 0 Å². The monoisotopic (exact) mass is 208 g/mol. The maximum atomic E-state index is 11.8. The maximum absolute atomic E-state index is 11.8. The molecule has 0 aromatic heterocycles. The van der Waals surface area contributed by atoms with Crippen LogP contribution in [-0.4, -0.2) is 18.3 Å². The molecule has 0 aromatic carbocycles. The fourth-order valence-electron chi connectivity index (χ4n) is 0.230. The first-order chi connectivity index (χ1) is 5.58.